The Labute approximate surface area is 104 Å². The number of alkyl halides is 1. The van der Waals surface area contributed by atoms with E-state index < -0.39 is 0 Å². The van der Waals surface area contributed by atoms with Crippen molar-refractivity contribution in [3.8, 4) is 0 Å². The summed E-state index contributed by atoms with van der Waals surface area (Å²) in [6.45, 7) is 0.789. The van der Waals surface area contributed by atoms with Crippen molar-refractivity contribution in [2.45, 2.75) is 12.4 Å². The third-order valence-electron chi connectivity index (χ3n) is 2.32. The molecule has 0 aliphatic rings. The van der Waals surface area contributed by atoms with Crippen LogP contribution in [0.4, 0.5) is 5.69 Å². The lowest BCUT2D eigenvalue weighted by atomic mass is 10.2. The largest absolute Gasteiger partial charge is 0.368 e. The van der Waals surface area contributed by atoms with Crippen LogP contribution in [0.5, 0.6) is 0 Å². The first-order valence-electron chi connectivity index (χ1n) is 4.88. The van der Waals surface area contributed by atoms with Gasteiger partial charge in [-0.3, -0.25) is 4.98 Å². The number of aromatic nitrogens is 2. The van der Waals surface area contributed by atoms with Gasteiger partial charge in [0.2, 0.25) is 0 Å². The highest BCUT2D eigenvalue weighted by Crippen LogP contribution is 2.21. The summed E-state index contributed by atoms with van der Waals surface area (Å²) in [5.74, 6) is 0.477. The Bertz CT molecular complexity index is 444. The van der Waals surface area contributed by atoms with Gasteiger partial charge < -0.3 is 4.90 Å². The average molecular weight is 254 g/mol. The predicted molar refractivity (Wildman–Crippen MR) is 68.0 cm³/mol. The number of rotatable bonds is 4. The van der Waals surface area contributed by atoms with Gasteiger partial charge in [-0.05, 0) is 6.07 Å². The van der Waals surface area contributed by atoms with E-state index in [0.29, 0.717) is 5.88 Å². The summed E-state index contributed by atoms with van der Waals surface area (Å²) >= 11 is 7.49. The molecule has 0 N–H and O–H groups in total. The summed E-state index contributed by atoms with van der Waals surface area (Å²) in [5.41, 5.74) is 5.07. The van der Waals surface area contributed by atoms with Crippen molar-refractivity contribution in [3.05, 3.63) is 40.6 Å². The van der Waals surface area contributed by atoms with Crippen LogP contribution in [0.3, 0.4) is 0 Å². The molecule has 0 amide bonds. The second-order valence-electron chi connectivity index (χ2n) is 3.47. The average Bonchev–Trinajstić information content (AvgIpc) is 2.81. The Morgan fingerprint density at radius 3 is 3.06 bits per heavy atom. The van der Waals surface area contributed by atoms with E-state index in [-0.39, 0.29) is 0 Å². The van der Waals surface area contributed by atoms with Gasteiger partial charge in [-0.2, -0.15) is 0 Å². The molecule has 2 aromatic heterocycles. The van der Waals surface area contributed by atoms with Crippen molar-refractivity contribution in [2.24, 2.45) is 0 Å². The molecule has 0 aromatic carbocycles. The van der Waals surface area contributed by atoms with Gasteiger partial charge in [-0.1, -0.05) is 0 Å². The van der Waals surface area contributed by atoms with Crippen molar-refractivity contribution in [1.29, 1.82) is 0 Å². The maximum atomic E-state index is 5.88. The molecular formula is C11H12ClN3S. The number of hydrogen-bond acceptors (Lipinski definition) is 4. The lowest BCUT2D eigenvalue weighted by Crippen LogP contribution is -2.18. The van der Waals surface area contributed by atoms with Gasteiger partial charge in [0.25, 0.3) is 0 Å². The standard InChI is InChI=1S/C11H12ClN3S/c1-15(6-10-7-16-8-14-10)11-2-3-13-5-9(11)4-12/h2-3,5,7-8H,4,6H2,1H3. The zero-order chi connectivity index (χ0) is 11.4. The van der Waals surface area contributed by atoms with Crippen molar-refractivity contribution < 1.29 is 0 Å². The Hall–Kier alpha value is -1.13. The molecule has 0 aliphatic carbocycles. The van der Waals surface area contributed by atoms with E-state index in [1.54, 1.807) is 23.7 Å². The minimum atomic E-state index is 0.477. The fourth-order valence-corrected chi connectivity index (χ4v) is 2.29. The van der Waals surface area contributed by atoms with Gasteiger partial charge in [-0.25, -0.2) is 4.98 Å². The summed E-state index contributed by atoms with van der Waals surface area (Å²) in [7, 11) is 2.03. The fraction of sp³-hybridized carbons (Fsp3) is 0.273. The quantitative estimate of drug-likeness (QED) is 0.785. The minimum Gasteiger partial charge on any atom is -0.368 e. The van der Waals surface area contributed by atoms with Crippen molar-refractivity contribution in [1.82, 2.24) is 9.97 Å². The van der Waals surface area contributed by atoms with Gasteiger partial charge in [0.1, 0.15) is 0 Å². The number of pyridine rings is 1. The zero-order valence-corrected chi connectivity index (χ0v) is 10.5. The van der Waals surface area contributed by atoms with E-state index in [2.05, 4.69) is 20.2 Å². The van der Waals surface area contributed by atoms with E-state index in [9.17, 15) is 0 Å². The molecule has 0 atom stereocenters. The summed E-state index contributed by atoms with van der Waals surface area (Å²) in [4.78, 5) is 10.5. The number of halogens is 1. The third kappa shape index (κ3) is 2.51. The van der Waals surface area contributed by atoms with E-state index in [0.717, 1.165) is 23.5 Å². The SMILES string of the molecule is CN(Cc1cscn1)c1ccncc1CCl. The molecule has 84 valence electrons. The van der Waals surface area contributed by atoms with Crippen molar-refractivity contribution >= 4 is 28.6 Å². The summed E-state index contributed by atoms with van der Waals surface area (Å²) in [6, 6.07) is 1.98. The number of thiazole rings is 1. The van der Waals surface area contributed by atoms with Gasteiger partial charge in [0, 0.05) is 36.1 Å². The van der Waals surface area contributed by atoms with Gasteiger partial charge >= 0.3 is 0 Å². The number of nitrogens with zero attached hydrogens (tertiary/aromatic N) is 3. The minimum absolute atomic E-state index is 0.477. The van der Waals surface area contributed by atoms with Crippen LogP contribution in [0.15, 0.2) is 29.4 Å². The van der Waals surface area contributed by atoms with Gasteiger partial charge in [0.15, 0.2) is 0 Å². The number of hydrogen-bond donors (Lipinski definition) is 0. The second-order valence-corrected chi connectivity index (χ2v) is 4.46. The molecule has 16 heavy (non-hydrogen) atoms. The highest BCUT2D eigenvalue weighted by molar-refractivity contribution is 7.07. The molecule has 2 heterocycles. The Morgan fingerprint density at radius 2 is 2.38 bits per heavy atom. The molecule has 5 heteroatoms. The van der Waals surface area contributed by atoms with E-state index in [1.807, 2.05) is 18.6 Å². The predicted octanol–water partition coefficient (Wildman–Crippen LogP) is 2.91. The first-order chi connectivity index (χ1) is 7.81. The first-order valence-corrected chi connectivity index (χ1v) is 6.36. The molecule has 0 saturated carbocycles. The van der Waals surface area contributed by atoms with Gasteiger partial charge in [0.05, 0.1) is 23.6 Å². The Kier molecular flexibility index (Phi) is 3.74. The van der Waals surface area contributed by atoms with Crippen molar-refractivity contribution in [3.63, 3.8) is 0 Å². The molecule has 0 bridgehead atoms. The molecule has 2 aromatic rings. The Balaban J connectivity index is 2.17. The first kappa shape index (κ1) is 11.4. The van der Waals surface area contributed by atoms with Crippen LogP contribution in [0, 0.1) is 0 Å². The zero-order valence-electron chi connectivity index (χ0n) is 8.93. The Morgan fingerprint density at radius 1 is 1.50 bits per heavy atom. The topological polar surface area (TPSA) is 29.0 Å². The van der Waals surface area contributed by atoms with Gasteiger partial charge in [-0.15, -0.1) is 22.9 Å². The molecule has 0 spiro atoms. The normalized spacial score (nSPS) is 10.4. The molecule has 0 radical (unpaired) electrons. The molecule has 0 saturated heterocycles. The monoisotopic (exact) mass is 253 g/mol. The van der Waals surface area contributed by atoms with Crippen LogP contribution in [0.25, 0.3) is 0 Å². The lowest BCUT2D eigenvalue weighted by molar-refractivity contribution is 0.886. The van der Waals surface area contributed by atoms with Crippen LogP contribution < -0.4 is 4.90 Å². The number of anilines is 1. The highest BCUT2D eigenvalue weighted by atomic mass is 35.5. The van der Waals surface area contributed by atoms with E-state index >= 15 is 0 Å². The van der Waals surface area contributed by atoms with Crippen LogP contribution in [-0.2, 0) is 12.4 Å². The molecule has 3 nitrogen and oxygen atoms in total. The summed E-state index contributed by atoms with van der Waals surface area (Å²) < 4.78 is 0. The second kappa shape index (κ2) is 5.27. The highest BCUT2D eigenvalue weighted by Gasteiger charge is 2.07. The third-order valence-corrected chi connectivity index (χ3v) is 3.24. The molecule has 0 fully saturated rings. The van der Waals surface area contributed by atoms with E-state index in [4.69, 9.17) is 11.6 Å². The molecule has 0 aliphatic heterocycles. The lowest BCUT2D eigenvalue weighted by Gasteiger charge is -2.20. The summed E-state index contributed by atoms with van der Waals surface area (Å²) in [5, 5.41) is 2.05. The van der Waals surface area contributed by atoms with Crippen LogP contribution in [0.1, 0.15) is 11.3 Å². The molecular weight excluding hydrogens is 242 g/mol. The van der Waals surface area contributed by atoms with Crippen molar-refractivity contribution in [2.75, 3.05) is 11.9 Å². The van der Waals surface area contributed by atoms with Crippen LogP contribution >= 0.6 is 22.9 Å². The van der Waals surface area contributed by atoms with E-state index in [1.165, 1.54) is 0 Å². The summed E-state index contributed by atoms with van der Waals surface area (Å²) in [6.07, 6.45) is 3.59. The fourth-order valence-electron chi connectivity index (χ4n) is 1.54. The maximum Gasteiger partial charge on any atom is 0.0795 e. The van der Waals surface area contributed by atoms with Crippen LogP contribution in [0.2, 0.25) is 0 Å². The molecule has 2 rings (SSSR count). The smallest absolute Gasteiger partial charge is 0.0795 e. The maximum absolute atomic E-state index is 5.88. The van der Waals surface area contributed by atoms with Crippen LogP contribution in [-0.4, -0.2) is 17.0 Å². The molecule has 0 unspecified atom stereocenters.